The molecule has 160 valence electrons. The van der Waals surface area contributed by atoms with E-state index in [-0.39, 0.29) is 11.3 Å². The third-order valence-corrected chi connectivity index (χ3v) is 6.07. The molecule has 9 heteroatoms. The molecule has 3 rings (SSSR count). The zero-order valence-corrected chi connectivity index (χ0v) is 19.0. The third-order valence-electron chi connectivity index (χ3n) is 5.33. The molecule has 7 nitrogen and oxygen atoms in total. The van der Waals surface area contributed by atoms with Crippen LogP contribution in [0.4, 0.5) is 0 Å². The molecule has 1 atom stereocenters. The molecule has 1 aliphatic rings. The van der Waals surface area contributed by atoms with Crippen LogP contribution in [0.1, 0.15) is 28.6 Å². The van der Waals surface area contributed by atoms with E-state index in [4.69, 9.17) is 23.2 Å². The standard InChI is InChI=1S/C21H24Cl2N4O3/c1-11-16(12(2)26(5)24-11)19(28)17-18(13-6-7-14(22)15(23)10-13)27(9-8-25(3)4)21(30)20(17)29/h6-7,10,18,28H,8-9H2,1-5H3/t18-/m0/s1. The number of benzene rings is 1. The van der Waals surface area contributed by atoms with E-state index < -0.39 is 17.7 Å². The number of likely N-dealkylation sites (N-methyl/N-ethyl adjacent to an activating group) is 1. The average molecular weight is 451 g/mol. The maximum Gasteiger partial charge on any atom is 0.295 e. The lowest BCUT2D eigenvalue weighted by atomic mass is 9.94. The largest absolute Gasteiger partial charge is 0.507 e. The second kappa shape index (κ2) is 8.41. The molecular formula is C21H24Cl2N4O3. The van der Waals surface area contributed by atoms with Gasteiger partial charge in [0.25, 0.3) is 11.7 Å². The van der Waals surface area contributed by atoms with Crippen molar-refractivity contribution in [2.45, 2.75) is 19.9 Å². The topological polar surface area (TPSA) is 78.7 Å². The van der Waals surface area contributed by atoms with Gasteiger partial charge in [0.15, 0.2) is 0 Å². The summed E-state index contributed by atoms with van der Waals surface area (Å²) in [4.78, 5) is 29.3. The van der Waals surface area contributed by atoms with Gasteiger partial charge in [-0.2, -0.15) is 5.10 Å². The molecule has 1 fully saturated rings. The summed E-state index contributed by atoms with van der Waals surface area (Å²) in [5.74, 6) is -1.63. The summed E-state index contributed by atoms with van der Waals surface area (Å²) in [6.07, 6.45) is 0. The van der Waals surface area contributed by atoms with E-state index in [0.717, 1.165) is 0 Å². The fraction of sp³-hybridized carbons (Fsp3) is 0.381. The van der Waals surface area contributed by atoms with Gasteiger partial charge in [0.05, 0.1) is 32.9 Å². The second-order valence-corrected chi connectivity index (χ2v) is 8.45. The van der Waals surface area contributed by atoms with Crippen LogP contribution in [-0.4, -0.2) is 63.6 Å². The van der Waals surface area contributed by atoms with E-state index in [1.54, 1.807) is 43.8 Å². The number of Topliss-reactive ketones (excluding diaryl/α,β-unsaturated/α-hetero) is 1. The number of aliphatic hydroxyl groups is 1. The number of amides is 1. The van der Waals surface area contributed by atoms with Crippen molar-refractivity contribution in [2.75, 3.05) is 27.2 Å². The highest BCUT2D eigenvalue weighted by Crippen LogP contribution is 2.41. The van der Waals surface area contributed by atoms with Gasteiger partial charge in [0.2, 0.25) is 0 Å². The fourth-order valence-electron chi connectivity index (χ4n) is 3.70. The molecule has 1 aliphatic heterocycles. The molecule has 1 saturated heterocycles. The SMILES string of the molecule is Cc1nn(C)c(C)c1C(O)=C1C(=O)C(=O)N(CCN(C)C)[C@H]1c1ccc(Cl)c(Cl)c1. The van der Waals surface area contributed by atoms with Crippen LogP contribution < -0.4 is 0 Å². The number of likely N-dealkylation sites (tertiary alicyclic amines) is 1. The molecule has 0 spiro atoms. The number of aliphatic hydroxyl groups excluding tert-OH is 1. The fourth-order valence-corrected chi connectivity index (χ4v) is 4.00. The molecule has 0 bridgehead atoms. The number of carbonyl (C=O) groups is 2. The normalized spacial score (nSPS) is 18.7. The summed E-state index contributed by atoms with van der Waals surface area (Å²) in [6.45, 7) is 4.41. The summed E-state index contributed by atoms with van der Waals surface area (Å²) >= 11 is 12.3. The Labute approximate surface area is 185 Å². The van der Waals surface area contributed by atoms with Crippen LogP contribution >= 0.6 is 23.2 Å². The lowest BCUT2D eigenvalue weighted by Crippen LogP contribution is -2.35. The Morgan fingerprint density at radius 2 is 1.87 bits per heavy atom. The number of hydrogen-bond acceptors (Lipinski definition) is 5. The molecule has 0 unspecified atom stereocenters. The quantitative estimate of drug-likeness (QED) is 0.429. The number of hydrogen-bond donors (Lipinski definition) is 1. The third kappa shape index (κ3) is 3.85. The Hall–Kier alpha value is -2.35. The van der Waals surface area contributed by atoms with E-state index in [9.17, 15) is 14.7 Å². The number of aromatic nitrogens is 2. The summed E-state index contributed by atoms with van der Waals surface area (Å²) < 4.78 is 1.63. The first-order valence-electron chi connectivity index (χ1n) is 9.43. The summed E-state index contributed by atoms with van der Waals surface area (Å²) in [5, 5.41) is 16.2. The van der Waals surface area contributed by atoms with Crippen LogP contribution in [0.25, 0.3) is 5.76 Å². The molecule has 2 heterocycles. The lowest BCUT2D eigenvalue weighted by Gasteiger charge is -2.26. The molecule has 2 aromatic rings. The van der Waals surface area contributed by atoms with Crippen molar-refractivity contribution >= 4 is 40.7 Å². The number of ketones is 1. The highest BCUT2D eigenvalue weighted by molar-refractivity contribution is 6.47. The van der Waals surface area contributed by atoms with E-state index in [1.807, 2.05) is 19.0 Å². The number of carbonyl (C=O) groups excluding carboxylic acids is 2. The van der Waals surface area contributed by atoms with Gasteiger partial charge in [-0.3, -0.25) is 14.3 Å². The molecule has 1 aromatic heterocycles. The van der Waals surface area contributed by atoms with Gasteiger partial charge in [0, 0.05) is 25.8 Å². The molecular weight excluding hydrogens is 427 g/mol. The van der Waals surface area contributed by atoms with Crippen LogP contribution in [-0.2, 0) is 16.6 Å². The monoisotopic (exact) mass is 450 g/mol. The van der Waals surface area contributed by atoms with Crippen molar-refractivity contribution < 1.29 is 14.7 Å². The lowest BCUT2D eigenvalue weighted by molar-refractivity contribution is -0.140. The van der Waals surface area contributed by atoms with Crippen LogP contribution in [0, 0.1) is 13.8 Å². The number of aryl methyl sites for hydroxylation is 2. The maximum absolute atomic E-state index is 13.0. The maximum atomic E-state index is 13.0. The van der Waals surface area contributed by atoms with Crippen molar-refractivity contribution in [2.24, 2.45) is 7.05 Å². The first-order valence-corrected chi connectivity index (χ1v) is 10.2. The van der Waals surface area contributed by atoms with Crippen LogP contribution in [0.3, 0.4) is 0 Å². The van der Waals surface area contributed by atoms with E-state index in [2.05, 4.69) is 5.10 Å². The second-order valence-electron chi connectivity index (χ2n) is 7.64. The molecule has 1 aromatic carbocycles. The minimum Gasteiger partial charge on any atom is -0.507 e. The van der Waals surface area contributed by atoms with Gasteiger partial charge in [-0.15, -0.1) is 0 Å². The Morgan fingerprint density at radius 1 is 1.20 bits per heavy atom. The van der Waals surface area contributed by atoms with E-state index in [1.165, 1.54) is 4.90 Å². The van der Waals surface area contributed by atoms with Crippen LogP contribution in [0.2, 0.25) is 10.0 Å². The van der Waals surface area contributed by atoms with Gasteiger partial charge in [-0.05, 0) is 45.6 Å². The number of rotatable bonds is 5. The smallest absolute Gasteiger partial charge is 0.295 e. The van der Waals surface area contributed by atoms with Gasteiger partial charge in [-0.1, -0.05) is 29.3 Å². The van der Waals surface area contributed by atoms with Gasteiger partial charge in [-0.25, -0.2) is 0 Å². The number of nitrogens with zero attached hydrogens (tertiary/aromatic N) is 4. The zero-order chi connectivity index (χ0) is 22.3. The van der Waals surface area contributed by atoms with Crippen molar-refractivity contribution in [3.8, 4) is 0 Å². The minimum absolute atomic E-state index is 0.0244. The predicted octanol–water partition coefficient (Wildman–Crippen LogP) is 3.33. The molecule has 1 amide bonds. The average Bonchev–Trinajstić information content (AvgIpc) is 3.07. The summed E-state index contributed by atoms with van der Waals surface area (Å²) in [7, 11) is 5.52. The zero-order valence-electron chi connectivity index (χ0n) is 17.5. The van der Waals surface area contributed by atoms with Crippen molar-refractivity contribution in [3.63, 3.8) is 0 Å². The van der Waals surface area contributed by atoms with E-state index in [0.29, 0.717) is 45.6 Å². The minimum atomic E-state index is -0.779. The Balaban J connectivity index is 2.23. The molecule has 30 heavy (non-hydrogen) atoms. The van der Waals surface area contributed by atoms with Crippen molar-refractivity contribution in [3.05, 3.63) is 56.3 Å². The molecule has 0 saturated carbocycles. The van der Waals surface area contributed by atoms with Crippen molar-refractivity contribution in [1.82, 2.24) is 19.6 Å². The molecule has 0 radical (unpaired) electrons. The highest BCUT2D eigenvalue weighted by atomic mass is 35.5. The van der Waals surface area contributed by atoms with E-state index >= 15 is 0 Å². The van der Waals surface area contributed by atoms with Gasteiger partial charge < -0.3 is 14.9 Å². The van der Waals surface area contributed by atoms with Gasteiger partial charge >= 0.3 is 0 Å². The van der Waals surface area contributed by atoms with Crippen LogP contribution in [0.15, 0.2) is 23.8 Å². The Kier molecular flexibility index (Phi) is 6.26. The summed E-state index contributed by atoms with van der Waals surface area (Å²) in [6, 6.07) is 4.17. The highest BCUT2D eigenvalue weighted by Gasteiger charge is 2.46. The van der Waals surface area contributed by atoms with Crippen LogP contribution in [0.5, 0.6) is 0 Å². The number of halogens is 2. The van der Waals surface area contributed by atoms with Gasteiger partial charge in [0.1, 0.15) is 5.76 Å². The first kappa shape index (κ1) is 22.3. The van der Waals surface area contributed by atoms with Crippen molar-refractivity contribution in [1.29, 1.82) is 0 Å². The predicted molar refractivity (Wildman–Crippen MR) is 117 cm³/mol. The summed E-state index contributed by atoms with van der Waals surface area (Å²) in [5.41, 5.74) is 2.34. The first-order chi connectivity index (χ1) is 14.0. The Morgan fingerprint density at radius 3 is 2.40 bits per heavy atom. The molecule has 1 N–H and O–H groups in total. The molecule has 0 aliphatic carbocycles. The Bertz CT molecular complexity index is 1060.